The fourth-order valence-corrected chi connectivity index (χ4v) is 2.16. The van der Waals surface area contributed by atoms with E-state index in [2.05, 4.69) is 0 Å². The van der Waals surface area contributed by atoms with E-state index >= 15 is 0 Å². The number of benzene rings is 1. The highest BCUT2D eigenvalue weighted by molar-refractivity contribution is 5.84. The number of nitrogens with two attached hydrogens (primary N) is 1. The largest absolute Gasteiger partial charge is 0.322 e. The minimum atomic E-state index is -0.0335. The summed E-state index contributed by atoms with van der Waals surface area (Å²) in [6.45, 7) is 0.607. The lowest BCUT2D eigenvalue weighted by Crippen LogP contribution is -2.19. The highest BCUT2D eigenvalue weighted by atomic mass is 16.1. The van der Waals surface area contributed by atoms with Gasteiger partial charge in [0, 0.05) is 18.7 Å². The quantitative estimate of drug-likeness (QED) is 0.667. The van der Waals surface area contributed by atoms with Crippen LogP contribution < -0.4 is 11.3 Å². The molecule has 2 aromatic rings. The first-order valence-corrected chi connectivity index (χ1v) is 4.65. The lowest BCUT2D eigenvalue weighted by atomic mass is 10.1. The Kier molecular flexibility index (Phi) is 1.36. The van der Waals surface area contributed by atoms with Gasteiger partial charge >= 0.3 is 0 Å². The van der Waals surface area contributed by atoms with E-state index in [4.69, 9.17) is 5.73 Å². The molecule has 0 fully saturated rings. The Bertz CT molecular complexity index is 571. The van der Waals surface area contributed by atoms with Gasteiger partial charge in [-0.3, -0.25) is 4.79 Å². The molecule has 0 saturated heterocycles. The van der Waals surface area contributed by atoms with Gasteiger partial charge in [0.1, 0.15) is 0 Å². The van der Waals surface area contributed by atoms with Gasteiger partial charge in [-0.25, -0.2) is 0 Å². The van der Waals surface area contributed by atoms with Gasteiger partial charge in [-0.15, -0.1) is 0 Å². The fraction of sp³-hybridized carbons (Fsp3) is 0.182. The van der Waals surface area contributed by atoms with Gasteiger partial charge in [-0.2, -0.15) is 0 Å². The Morgan fingerprint density at radius 1 is 1.29 bits per heavy atom. The van der Waals surface area contributed by atoms with E-state index in [1.807, 2.05) is 24.3 Å². The van der Waals surface area contributed by atoms with E-state index in [0.29, 0.717) is 6.54 Å². The second-order valence-electron chi connectivity index (χ2n) is 3.67. The molecule has 14 heavy (non-hydrogen) atoms. The highest BCUT2D eigenvalue weighted by Gasteiger charge is 2.21. The molecule has 0 saturated carbocycles. The molecule has 0 amide bonds. The van der Waals surface area contributed by atoms with E-state index < -0.39 is 0 Å². The van der Waals surface area contributed by atoms with Crippen LogP contribution in [0.15, 0.2) is 35.1 Å². The summed E-state index contributed by atoms with van der Waals surface area (Å²) >= 11 is 0. The lowest BCUT2D eigenvalue weighted by Gasteiger charge is -2.01. The van der Waals surface area contributed by atoms with E-state index in [1.54, 1.807) is 10.6 Å². The van der Waals surface area contributed by atoms with Crippen LogP contribution >= 0.6 is 0 Å². The maximum Gasteiger partial charge on any atom is 0.251 e. The van der Waals surface area contributed by atoms with Gasteiger partial charge in [0.25, 0.3) is 5.56 Å². The zero-order valence-corrected chi connectivity index (χ0v) is 7.60. The number of hydrogen-bond donors (Lipinski definition) is 1. The summed E-state index contributed by atoms with van der Waals surface area (Å²) in [6, 6.07) is 9.41. The smallest absolute Gasteiger partial charge is 0.251 e. The van der Waals surface area contributed by atoms with E-state index in [1.165, 1.54) is 0 Å². The molecule has 1 atom stereocenters. The van der Waals surface area contributed by atoms with Gasteiger partial charge in [0.2, 0.25) is 0 Å². The van der Waals surface area contributed by atoms with Crippen LogP contribution in [-0.2, 0) is 6.54 Å². The molecule has 0 aliphatic carbocycles. The topological polar surface area (TPSA) is 48.0 Å². The Balaban J connectivity index is 2.58. The van der Waals surface area contributed by atoms with Crippen molar-refractivity contribution >= 4 is 10.9 Å². The molecule has 0 spiro atoms. The fourth-order valence-electron chi connectivity index (χ4n) is 2.16. The molecule has 3 nitrogen and oxygen atoms in total. The predicted octanol–water partition coefficient (Wildman–Crippen LogP) is 1.01. The molecule has 70 valence electrons. The van der Waals surface area contributed by atoms with Crippen molar-refractivity contribution in [2.75, 3.05) is 0 Å². The summed E-state index contributed by atoms with van der Waals surface area (Å²) in [5.74, 6) is 0. The average Bonchev–Trinajstić information content (AvgIpc) is 2.53. The Labute approximate surface area is 80.8 Å². The molecule has 2 heterocycles. The number of rotatable bonds is 0. The summed E-state index contributed by atoms with van der Waals surface area (Å²) in [5, 5.41) is 1.09. The lowest BCUT2D eigenvalue weighted by molar-refractivity contribution is 0.621. The normalized spacial score (nSPS) is 19.1. The van der Waals surface area contributed by atoms with Crippen LogP contribution in [0, 0.1) is 0 Å². The third kappa shape index (κ3) is 0.822. The number of pyridine rings is 1. The third-order valence-corrected chi connectivity index (χ3v) is 2.82. The van der Waals surface area contributed by atoms with Crippen molar-refractivity contribution in [1.29, 1.82) is 0 Å². The van der Waals surface area contributed by atoms with Gasteiger partial charge in [0.05, 0.1) is 5.52 Å². The van der Waals surface area contributed by atoms with Crippen LogP contribution in [0.5, 0.6) is 0 Å². The molecule has 1 aromatic carbocycles. The van der Waals surface area contributed by atoms with Crippen molar-refractivity contribution in [2.24, 2.45) is 5.73 Å². The zero-order valence-electron chi connectivity index (χ0n) is 7.60. The number of nitrogens with zero attached hydrogens (tertiary/aromatic N) is 1. The minimum Gasteiger partial charge on any atom is -0.322 e. The van der Waals surface area contributed by atoms with E-state index in [0.717, 1.165) is 16.5 Å². The first-order valence-electron chi connectivity index (χ1n) is 4.65. The van der Waals surface area contributed by atoms with Crippen molar-refractivity contribution in [3.63, 3.8) is 0 Å². The Morgan fingerprint density at radius 3 is 3.00 bits per heavy atom. The van der Waals surface area contributed by atoms with E-state index in [-0.39, 0.29) is 11.6 Å². The van der Waals surface area contributed by atoms with Crippen molar-refractivity contribution < 1.29 is 0 Å². The number of para-hydroxylation sites is 1. The van der Waals surface area contributed by atoms with Crippen LogP contribution in [0.1, 0.15) is 11.6 Å². The van der Waals surface area contributed by atoms with Gasteiger partial charge in [0.15, 0.2) is 0 Å². The highest BCUT2D eigenvalue weighted by Crippen LogP contribution is 2.28. The molecular formula is C11H10N2O. The van der Waals surface area contributed by atoms with Crippen molar-refractivity contribution in [3.8, 4) is 0 Å². The molecule has 0 bridgehead atoms. The Morgan fingerprint density at radius 2 is 2.14 bits per heavy atom. The summed E-state index contributed by atoms with van der Waals surface area (Å²) in [6.07, 6.45) is 0. The first-order chi connectivity index (χ1) is 6.77. The van der Waals surface area contributed by atoms with Crippen LogP contribution in [0.2, 0.25) is 0 Å². The summed E-state index contributed by atoms with van der Waals surface area (Å²) in [7, 11) is 0. The monoisotopic (exact) mass is 186 g/mol. The zero-order chi connectivity index (χ0) is 9.71. The molecule has 3 rings (SSSR count). The number of aromatic nitrogens is 1. The molecule has 1 aromatic heterocycles. The summed E-state index contributed by atoms with van der Waals surface area (Å²) < 4.78 is 1.76. The van der Waals surface area contributed by atoms with Crippen LogP contribution in [0.4, 0.5) is 0 Å². The van der Waals surface area contributed by atoms with Crippen molar-refractivity contribution in [3.05, 3.63) is 46.2 Å². The first kappa shape index (κ1) is 7.76. The second-order valence-corrected chi connectivity index (χ2v) is 3.67. The summed E-state index contributed by atoms with van der Waals surface area (Å²) in [4.78, 5) is 11.6. The molecule has 1 aliphatic rings. The van der Waals surface area contributed by atoms with Gasteiger partial charge in [-0.1, -0.05) is 18.2 Å². The third-order valence-electron chi connectivity index (χ3n) is 2.82. The maximum atomic E-state index is 11.6. The van der Waals surface area contributed by atoms with Crippen LogP contribution in [0.25, 0.3) is 10.9 Å². The van der Waals surface area contributed by atoms with Gasteiger partial charge in [-0.05, 0) is 17.0 Å². The van der Waals surface area contributed by atoms with Gasteiger partial charge < -0.3 is 10.3 Å². The van der Waals surface area contributed by atoms with Crippen molar-refractivity contribution in [1.82, 2.24) is 4.57 Å². The molecule has 0 unspecified atom stereocenters. The van der Waals surface area contributed by atoms with Crippen LogP contribution in [0.3, 0.4) is 0 Å². The predicted molar refractivity (Wildman–Crippen MR) is 55.1 cm³/mol. The average molecular weight is 186 g/mol. The second kappa shape index (κ2) is 2.45. The molecular weight excluding hydrogens is 176 g/mol. The van der Waals surface area contributed by atoms with Crippen LogP contribution in [-0.4, -0.2) is 4.57 Å². The molecule has 1 aliphatic heterocycles. The number of hydrogen-bond acceptors (Lipinski definition) is 2. The van der Waals surface area contributed by atoms with Crippen molar-refractivity contribution in [2.45, 2.75) is 12.6 Å². The standard InChI is InChI=1S/C11H10N2O/c12-9-6-13-10(14)5-4-7-2-1-3-8(9)11(7)13/h1-5,9H,6,12H2/t9-/m0/s1. The molecule has 3 heteroatoms. The molecule has 0 radical (unpaired) electrons. The molecule has 2 N–H and O–H groups in total. The summed E-state index contributed by atoms with van der Waals surface area (Å²) in [5.41, 5.74) is 8.08. The SMILES string of the molecule is N[C@H]1Cn2c(=O)ccc3cccc1c32. The maximum absolute atomic E-state index is 11.6. The van der Waals surface area contributed by atoms with E-state index in [9.17, 15) is 4.79 Å². The minimum absolute atomic E-state index is 0.0335. The Hall–Kier alpha value is -1.61.